The van der Waals surface area contributed by atoms with Gasteiger partial charge in [0.1, 0.15) is 0 Å². The molecule has 0 atom stereocenters. The van der Waals surface area contributed by atoms with Crippen molar-refractivity contribution in [1.29, 1.82) is 0 Å². The van der Waals surface area contributed by atoms with E-state index in [4.69, 9.17) is 9.84 Å². The molecule has 0 bridgehead atoms. The smallest absolute Gasteiger partial charge is 0.338 e. The number of esters is 1. The van der Waals surface area contributed by atoms with Crippen LogP contribution in [-0.4, -0.2) is 28.2 Å². The predicted octanol–water partition coefficient (Wildman–Crippen LogP) is 2.91. The van der Waals surface area contributed by atoms with Gasteiger partial charge in [-0.1, -0.05) is 6.92 Å². The van der Waals surface area contributed by atoms with E-state index in [-0.39, 0.29) is 5.97 Å². The Labute approximate surface area is 122 Å². The second kappa shape index (κ2) is 6.26. The first-order valence-electron chi connectivity index (χ1n) is 6.79. The first-order valence-corrected chi connectivity index (χ1v) is 6.79. The molecule has 0 saturated heterocycles. The number of carbonyl (C=O) groups is 2. The zero-order valence-corrected chi connectivity index (χ0v) is 12.0. The molecule has 1 N–H and O–H groups in total. The number of carboxylic acids is 1. The maximum Gasteiger partial charge on any atom is 0.338 e. The molecule has 1 aromatic carbocycles. The molecule has 0 spiro atoms. The monoisotopic (exact) mass is 287 g/mol. The normalized spacial score (nSPS) is 10.4. The van der Waals surface area contributed by atoms with Crippen LogP contribution in [0.1, 0.15) is 40.3 Å². The molecule has 2 rings (SSSR count). The molecule has 1 heterocycles. The van der Waals surface area contributed by atoms with E-state index in [1.54, 1.807) is 43.5 Å². The van der Waals surface area contributed by atoms with Gasteiger partial charge in [-0.25, -0.2) is 9.59 Å². The van der Waals surface area contributed by atoms with Crippen molar-refractivity contribution in [2.75, 3.05) is 6.61 Å². The maximum atomic E-state index is 11.6. The van der Waals surface area contributed by atoms with E-state index >= 15 is 0 Å². The molecule has 2 aromatic rings. The third-order valence-electron chi connectivity index (χ3n) is 3.21. The highest BCUT2D eigenvalue weighted by atomic mass is 16.5. The zero-order valence-electron chi connectivity index (χ0n) is 12.0. The minimum Gasteiger partial charge on any atom is -0.478 e. The summed E-state index contributed by atoms with van der Waals surface area (Å²) in [5.41, 5.74) is 2.31. The van der Waals surface area contributed by atoms with Gasteiger partial charge in [-0.2, -0.15) is 0 Å². The molecule has 0 fully saturated rings. The van der Waals surface area contributed by atoms with E-state index in [1.165, 1.54) is 0 Å². The molecule has 0 aliphatic carbocycles. The molecule has 21 heavy (non-hydrogen) atoms. The Morgan fingerprint density at radius 2 is 1.81 bits per heavy atom. The summed E-state index contributed by atoms with van der Waals surface area (Å²) >= 11 is 0. The first kappa shape index (κ1) is 14.8. The lowest BCUT2D eigenvalue weighted by atomic mass is 10.2. The highest BCUT2D eigenvalue weighted by Gasteiger charge is 2.14. The number of hydrogen-bond acceptors (Lipinski definition) is 3. The summed E-state index contributed by atoms with van der Waals surface area (Å²) < 4.78 is 6.75. The van der Waals surface area contributed by atoms with Crippen LogP contribution < -0.4 is 0 Å². The number of benzene rings is 1. The van der Waals surface area contributed by atoms with Crippen LogP contribution in [0.15, 0.2) is 36.5 Å². The molecule has 1 aromatic heterocycles. The lowest BCUT2D eigenvalue weighted by Gasteiger charge is -2.09. The number of carboxylic acid groups (broad SMARTS) is 1. The van der Waals surface area contributed by atoms with Crippen molar-refractivity contribution in [3.05, 3.63) is 53.3 Å². The highest BCUT2D eigenvalue weighted by Crippen LogP contribution is 2.19. The molecule has 0 saturated carbocycles. The van der Waals surface area contributed by atoms with E-state index in [9.17, 15) is 9.59 Å². The Balaban J connectivity index is 2.35. The van der Waals surface area contributed by atoms with Gasteiger partial charge in [0.15, 0.2) is 0 Å². The number of aromatic carboxylic acids is 1. The SMILES string of the molecule is CCOC(=O)c1ccc(-n2ccc(C(=O)O)c2CC)cc1. The fraction of sp³-hybridized carbons (Fsp3) is 0.250. The Morgan fingerprint density at radius 3 is 2.33 bits per heavy atom. The highest BCUT2D eigenvalue weighted by molar-refractivity contribution is 5.90. The van der Waals surface area contributed by atoms with Crippen molar-refractivity contribution in [3.8, 4) is 5.69 Å². The quantitative estimate of drug-likeness (QED) is 0.858. The molecule has 5 heteroatoms. The molecule has 110 valence electrons. The fourth-order valence-electron chi connectivity index (χ4n) is 2.23. The molecule has 0 aliphatic rings. The molecule has 0 amide bonds. The van der Waals surface area contributed by atoms with Crippen molar-refractivity contribution in [2.45, 2.75) is 20.3 Å². The van der Waals surface area contributed by atoms with Crippen LogP contribution in [0.4, 0.5) is 0 Å². The van der Waals surface area contributed by atoms with Gasteiger partial charge in [-0.05, 0) is 43.7 Å². The van der Waals surface area contributed by atoms with Crippen molar-refractivity contribution in [2.24, 2.45) is 0 Å². The van der Waals surface area contributed by atoms with Crippen LogP contribution in [0.3, 0.4) is 0 Å². The number of aromatic nitrogens is 1. The largest absolute Gasteiger partial charge is 0.478 e. The standard InChI is InChI=1S/C16H17NO4/c1-3-14-13(15(18)19)9-10-17(14)12-7-5-11(6-8-12)16(20)21-4-2/h5-10H,3-4H2,1-2H3,(H,18,19). The predicted molar refractivity (Wildman–Crippen MR) is 78.1 cm³/mol. The van der Waals surface area contributed by atoms with E-state index in [2.05, 4.69) is 0 Å². The average Bonchev–Trinajstić information content (AvgIpc) is 2.91. The molecule has 5 nitrogen and oxygen atoms in total. The topological polar surface area (TPSA) is 68.5 Å². The Kier molecular flexibility index (Phi) is 4.42. The third-order valence-corrected chi connectivity index (χ3v) is 3.21. The Morgan fingerprint density at radius 1 is 1.14 bits per heavy atom. The maximum absolute atomic E-state index is 11.6. The number of ether oxygens (including phenoxy) is 1. The van der Waals surface area contributed by atoms with Crippen LogP contribution in [0.5, 0.6) is 0 Å². The Bertz CT molecular complexity index is 655. The third kappa shape index (κ3) is 2.97. The van der Waals surface area contributed by atoms with Crippen LogP contribution in [0.25, 0.3) is 5.69 Å². The summed E-state index contributed by atoms with van der Waals surface area (Å²) in [6, 6.07) is 8.48. The van der Waals surface area contributed by atoms with Crippen LogP contribution in [0.2, 0.25) is 0 Å². The molecular formula is C16H17NO4. The summed E-state index contributed by atoms with van der Waals surface area (Å²) in [6.07, 6.45) is 2.33. The minimum absolute atomic E-state index is 0.298. The van der Waals surface area contributed by atoms with Crippen LogP contribution in [0, 0.1) is 0 Å². The molecule has 0 unspecified atom stereocenters. The number of rotatable bonds is 5. The summed E-state index contributed by atoms with van der Waals surface area (Å²) in [5.74, 6) is -1.30. The summed E-state index contributed by atoms with van der Waals surface area (Å²) in [5, 5.41) is 9.16. The second-order valence-electron chi connectivity index (χ2n) is 4.47. The molecule has 0 aliphatic heterocycles. The molecule has 0 radical (unpaired) electrons. The molecular weight excluding hydrogens is 270 g/mol. The minimum atomic E-state index is -0.936. The van der Waals surface area contributed by atoms with E-state index in [0.29, 0.717) is 24.2 Å². The van der Waals surface area contributed by atoms with Crippen LogP contribution >= 0.6 is 0 Å². The van der Waals surface area contributed by atoms with Gasteiger partial charge in [0.2, 0.25) is 0 Å². The van der Waals surface area contributed by atoms with Crippen molar-refractivity contribution < 1.29 is 19.4 Å². The van der Waals surface area contributed by atoms with Crippen molar-refractivity contribution in [1.82, 2.24) is 4.57 Å². The van der Waals surface area contributed by atoms with Gasteiger partial charge in [-0.3, -0.25) is 0 Å². The summed E-state index contributed by atoms with van der Waals surface area (Å²) in [4.78, 5) is 22.8. The number of carbonyl (C=O) groups excluding carboxylic acids is 1. The van der Waals surface area contributed by atoms with Crippen LogP contribution in [-0.2, 0) is 11.2 Å². The summed E-state index contributed by atoms with van der Waals surface area (Å²) in [6.45, 7) is 4.00. The van der Waals surface area contributed by atoms with Gasteiger partial charge in [0.05, 0.1) is 17.7 Å². The zero-order chi connectivity index (χ0) is 15.4. The van der Waals surface area contributed by atoms with Gasteiger partial charge in [0.25, 0.3) is 0 Å². The van der Waals surface area contributed by atoms with Gasteiger partial charge in [-0.15, -0.1) is 0 Å². The number of hydrogen-bond donors (Lipinski definition) is 1. The van der Waals surface area contributed by atoms with E-state index in [1.807, 2.05) is 11.5 Å². The van der Waals surface area contributed by atoms with Crippen molar-refractivity contribution >= 4 is 11.9 Å². The second-order valence-corrected chi connectivity index (χ2v) is 4.47. The average molecular weight is 287 g/mol. The number of nitrogens with zero attached hydrogens (tertiary/aromatic N) is 1. The van der Waals surface area contributed by atoms with Gasteiger partial charge >= 0.3 is 11.9 Å². The summed E-state index contributed by atoms with van der Waals surface area (Å²) in [7, 11) is 0. The van der Waals surface area contributed by atoms with Gasteiger partial charge in [0, 0.05) is 17.6 Å². The lowest BCUT2D eigenvalue weighted by Crippen LogP contribution is -2.06. The van der Waals surface area contributed by atoms with Gasteiger partial charge < -0.3 is 14.4 Å². The van der Waals surface area contributed by atoms with E-state index in [0.717, 1.165) is 11.4 Å². The van der Waals surface area contributed by atoms with Crippen molar-refractivity contribution in [3.63, 3.8) is 0 Å². The Hall–Kier alpha value is -2.56. The first-order chi connectivity index (χ1) is 10.1. The fourth-order valence-corrected chi connectivity index (χ4v) is 2.23. The van der Waals surface area contributed by atoms with E-state index < -0.39 is 5.97 Å². The lowest BCUT2D eigenvalue weighted by molar-refractivity contribution is 0.0526.